The molecule has 14 heavy (non-hydrogen) atoms. The maximum absolute atomic E-state index is 11.2. The van der Waals surface area contributed by atoms with E-state index in [1.807, 2.05) is 22.5 Å². The molecule has 76 valence electrons. The Morgan fingerprint density at radius 3 is 3.21 bits per heavy atom. The van der Waals surface area contributed by atoms with Crippen molar-refractivity contribution in [2.24, 2.45) is 5.73 Å². The van der Waals surface area contributed by atoms with Crippen molar-refractivity contribution in [3.8, 4) is 0 Å². The summed E-state index contributed by atoms with van der Waals surface area (Å²) in [6.45, 7) is 0.270. The van der Waals surface area contributed by atoms with Gasteiger partial charge in [-0.05, 0) is 12.2 Å². The lowest BCUT2D eigenvalue weighted by Gasteiger charge is -2.13. The molecule has 2 N–H and O–H groups in total. The summed E-state index contributed by atoms with van der Waals surface area (Å²) in [6.07, 6.45) is 4.61. The van der Waals surface area contributed by atoms with Crippen molar-refractivity contribution in [3.63, 3.8) is 0 Å². The number of hydrogen-bond acceptors (Lipinski definition) is 4. The highest BCUT2D eigenvalue weighted by molar-refractivity contribution is 7.99. The lowest BCUT2D eigenvalue weighted by molar-refractivity contribution is 0.542. The molecule has 1 saturated heterocycles. The monoisotopic (exact) mass is 211 g/mol. The fraction of sp³-hybridized carbons (Fsp3) is 0.556. The molecule has 0 radical (unpaired) electrons. The van der Waals surface area contributed by atoms with E-state index in [0.717, 1.165) is 12.2 Å². The molecule has 0 aliphatic carbocycles. The molecule has 1 atom stereocenters. The Hall–Kier alpha value is -0.810. The number of aromatic nitrogens is 2. The summed E-state index contributed by atoms with van der Waals surface area (Å²) in [6, 6.07) is 0.485. The van der Waals surface area contributed by atoms with Crippen LogP contribution in [-0.4, -0.2) is 21.1 Å². The first-order valence-corrected chi connectivity index (χ1v) is 5.81. The Morgan fingerprint density at radius 2 is 2.57 bits per heavy atom. The van der Waals surface area contributed by atoms with Crippen molar-refractivity contribution in [2.75, 3.05) is 11.5 Å². The molecule has 0 saturated carbocycles. The molecule has 1 aromatic rings. The average Bonchev–Trinajstić information content (AvgIpc) is 2.71. The van der Waals surface area contributed by atoms with Gasteiger partial charge in [0.25, 0.3) is 5.56 Å². The van der Waals surface area contributed by atoms with Crippen LogP contribution in [0.15, 0.2) is 17.3 Å². The number of nitrogens with two attached hydrogens (primary N) is 1. The minimum Gasteiger partial charge on any atom is -0.334 e. The van der Waals surface area contributed by atoms with Crippen LogP contribution in [0.3, 0.4) is 0 Å². The fourth-order valence-electron chi connectivity index (χ4n) is 1.57. The van der Waals surface area contributed by atoms with E-state index in [1.54, 1.807) is 6.33 Å². The molecule has 2 heterocycles. The molecule has 0 bridgehead atoms. The van der Waals surface area contributed by atoms with Crippen LogP contribution < -0.4 is 11.3 Å². The summed E-state index contributed by atoms with van der Waals surface area (Å²) in [4.78, 5) is 15.0. The molecular formula is C9H13N3OS. The third-order valence-electron chi connectivity index (χ3n) is 2.44. The molecule has 4 nitrogen and oxygen atoms in total. The predicted octanol–water partition coefficient (Wildman–Crippen LogP) is 0.380. The van der Waals surface area contributed by atoms with E-state index < -0.39 is 0 Å². The SMILES string of the molecule is NCc1cn(C2CCSC2)cnc1=O. The molecule has 1 aliphatic heterocycles. The highest BCUT2D eigenvalue weighted by Crippen LogP contribution is 2.27. The van der Waals surface area contributed by atoms with Crippen molar-refractivity contribution < 1.29 is 0 Å². The van der Waals surface area contributed by atoms with Gasteiger partial charge in [0.05, 0.1) is 6.33 Å². The number of hydrogen-bond donors (Lipinski definition) is 1. The third-order valence-corrected chi connectivity index (χ3v) is 3.58. The summed E-state index contributed by atoms with van der Waals surface area (Å²) in [5.41, 5.74) is 5.86. The molecule has 1 unspecified atom stereocenters. The summed E-state index contributed by atoms with van der Waals surface area (Å²) in [7, 11) is 0. The molecular weight excluding hydrogens is 198 g/mol. The predicted molar refractivity (Wildman–Crippen MR) is 57.4 cm³/mol. The summed E-state index contributed by atoms with van der Waals surface area (Å²) >= 11 is 1.94. The highest BCUT2D eigenvalue weighted by Gasteiger charge is 2.16. The Labute approximate surface area is 86.5 Å². The molecule has 0 spiro atoms. The van der Waals surface area contributed by atoms with Gasteiger partial charge in [-0.1, -0.05) is 0 Å². The largest absolute Gasteiger partial charge is 0.334 e. The van der Waals surface area contributed by atoms with Crippen LogP contribution in [0.2, 0.25) is 0 Å². The normalized spacial score (nSPS) is 21.4. The van der Waals surface area contributed by atoms with E-state index in [1.165, 1.54) is 5.75 Å². The van der Waals surface area contributed by atoms with Crippen molar-refractivity contribution in [1.29, 1.82) is 0 Å². The van der Waals surface area contributed by atoms with Crippen LogP contribution in [0, 0.1) is 0 Å². The van der Waals surface area contributed by atoms with Crippen LogP contribution in [0.5, 0.6) is 0 Å². The minimum absolute atomic E-state index is 0.200. The first kappa shape index (κ1) is 9.73. The molecule has 2 rings (SSSR count). The standard InChI is InChI=1S/C9H13N3OS/c10-3-7-4-12(6-11-9(7)13)8-1-2-14-5-8/h4,6,8H,1-3,5,10H2. The quantitative estimate of drug-likeness (QED) is 0.768. The topological polar surface area (TPSA) is 60.9 Å². The Balaban J connectivity index is 2.30. The van der Waals surface area contributed by atoms with Gasteiger partial charge in [0.1, 0.15) is 0 Å². The lowest BCUT2D eigenvalue weighted by Crippen LogP contribution is -2.21. The van der Waals surface area contributed by atoms with Gasteiger partial charge < -0.3 is 10.3 Å². The molecule has 1 aliphatic rings. The Morgan fingerprint density at radius 1 is 1.71 bits per heavy atom. The molecule has 1 aromatic heterocycles. The maximum atomic E-state index is 11.2. The van der Waals surface area contributed by atoms with E-state index in [9.17, 15) is 4.79 Å². The summed E-state index contributed by atoms with van der Waals surface area (Å²) < 4.78 is 2.02. The van der Waals surface area contributed by atoms with Gasteiger partial charge >= 0.3 is 0 Å². The molecule has 5 heteroatoms. The number of nitrogens with zero attached hydrogens (tertiary/aromatic N) is 2. The van der Waals surface area contributed by atoms with Gasteiger partial charge in [-0.25, -0.2) is 0 Å². The molecule has 0 aromatic carbocycles. The summed E-state index contributed by atoms with van der Waals surface area (Å²) in [5.74, 6) is 2.29. The minimum atomic E-state index is -0.200. The van der Waals surface area contributed by atoms with Gasteiger partial charge in [-0.3, -0.25) is 4.79 Å². The third kappa shape index (κ3) is 1.83. The van der Waals surface area contributed by atoms with E-state index in [4.69, 9.17) is 5.73 Å². The first-order valence-electron chi connectivity index (χ1n) is 4.65. The second-order valence-electron chi connectivity index (χ2n) is 3.37. The summed E-state index contributed by atoms with van der Waals surface area (Å²) in [5, 5.41) is 0. The number of rotatable bonds is 2. The lowest BCUT2D eigenvalue weighted by atomic mass is 10.2. The zero-order valence-electron chi connectivity index (χ0n) is 7.85. The first-order chi connectivity index (χ1) is 6.81. The van der Waals surface area contributed by atoms with Crippen molar-refractivity contribution in [3.05, 3.63) is 28.4 Å². The van der Waals surface area contributed by atoms with Crippen LogP contribution in [0.4, 0.5) is 0 Å². The average molecular weight is 211 g/mol. The van der Waals surface area contributed by atoms with Crippen molar-refractivity contribution in [2.45, 2.75) is 19.0 Å². The molecule has 1 fully saturated rings. The van der Waals surface area contributed by atoms with Crippen molar-refractivity contribution >= 4 is 11.8 Å². The van der Waals surface area contributed by atoms with Crippen LogP contribution in [-0.2, 0) is 6.54 Å². The molecule has 0 amide bonds. The number of thioether (sulfide) groups is 1. The fourth-order valence-corrected chi connectivity index (χ4v) is 2.78. The Kier molecular flexibility index (Phi) is 2.88. The van der Waals surface area contributed by atoms with E-state index in [-0.39, 0.29) is 12.1 Å². The maximum Gasteiger partial charge on any atom is 0.277 e. The van der Waals surface area contributed by atoms with Gasteiger partial charge in [-0.2, -0.15) is 16.7 Å². The Bertz CT molecular complexity index is 371. The van der Waals surface area contributed by atoms with Crippen molar-refractivity contribution in [1.82, 2.24) is 9.55 Å². The van der Waals surface area contributed by atoms with Crippen LogP contribution in [0.25, 0.3) is 0 Å². The van der Waals surface area contributed by atoms with Gasteiger partial charge in [0.15, 0.2) is 0 Å². The van der Waals surface area contributed by atoms with E-state index >= 15 is 0 Å². The zero-order chi connectivity index (χ0) is 9.97. The zero-order valence-corrected chi connectivity index (χ0v) is 8.67. The second kappa shape index (κ2) is 4.14. The smallest absolute Gasteiger partial charge is 0.277 e. The van der Waals surface area contributed by atoms with Crippen LogP contribution in [0.1, 0.15) is 18.0 Å². The van der Waals surface area contributed by atoms with Gasteiger partial charge in [0.2, 0.25) is 0 Å². The second-order valence-corrected chi connectivity index (χ2v) is 4.52. The highest BCUT2D eigenvalue weighted by atomic mass is 32.2. The van der Waals surface area contributed by atoms with Crippen LogP contribution >= 0.6 is 11.8 Å². The van der Waals surface area contributed by atoms with Gasteiger partial charge in [0, 0.05) is 30.1 Å². The van der Waals surface area contributed by atoms with Gasteiger partial charge in [-0.15, -0.1) is 0 Å². The van der Waals surface area contributed by atoms with E-state index in [0.29, 0.717) is 11.6 Å². The van der Waals surface area contributed by atoms with E-state index in [2.05, 4.69) is 4.98 Å².